The Labute approximate surface area is 258 Å². The zero-order valence-corrected chi connectivity index (χ0v) is 28.8. The van der Waals surface area contributed by atoms with Crippen LogP contribution in [0, 0.1) is 17.8 Å². The van der Waals surface area contributed by atoms with Gasteiger partial charge in [-0.15, -0.1) is 0 Å². The number of Topliss-reactive ketones (excluding diaryl/α,β-unsaturated/α-hetero) is 1. The summed E-state index contributed by atoms with van der Waals surface area (Å²) in [5.41, 5.74) is 0.347. The fourth-order valence-corrected chi connectivity index (χ4v) is 6.39. The quantitative estimate of drug-likeness (QED) is 0.317. The minimum Gasteiger partial charge on any atom is -0.481 e. The van der Waals surface area contributed by atoms with Crippen LogP contribution in [0.2, 0.25) is 18.1 Å². The molecule has 11 heteroatoms. The van der Waals surface area contributed by atoms with Crippen LogP contribution in [0.5, 0.6) is 0 Å². The number of carbonyl (C=O) groups is 4. The highest BCUT2D eigenvalue weighted by atomic mass is 28.4. The fourth-order valence-electron chi connectivity index (χ4n) is 5.02. The molecule has 10 nitrogen and oxygen atoms in total. The maximum atomic E-state index is 14.0. The standard InChI is InChI=1S/C32H53N3O7Si/c1-20(29(38)39)26-25(36)19-35(22(3)34-28(37)21(2)33-30(40)41-31(4,5)6)18-24(17-23-15-13-12-14-16-23)27(26)42-43(10,11)32(7,8)9/h12-16,20-22,24,26-27H,17-19H2,1-11H3,(H,33,40)(H,34,37)(H,38,39)/t20-,21?,22-,24?,26?,27?/m1/s1. The van der Waals surface area contributed by atoms with Gasteiger partial charge in [-0.1, -0.05) is 58.0 Å². The highest BCUT2D eigenvalue weighted by molar-refractivity contribution is 6.74. The Hall–Kier alpha value is -2.76. The number of carboxylic acids is 1. The van der Waals surface area contributed by atoms with Gasteiger partial charge >= 0.3 is 12.1 Å². The maximum Gasteiger partial charge on any atom is 0.408 e. The van der Waals surface area contributed by atoms with Crippen LogP contribution in [-0.4, -0.2) is 79.1 Å². The molecule has 0 bridgehead atoms. The van der Waals surface area contributed by atoms with E-state index in [1.54, 1.807) is 41.5 Å². The lowest BCUT2D eigenvalue weighted by atomic mass is 9.79. The van der Waals surface area contributed by atoms with Crippen molar-refractivity contribution in [3.63, 3.8) is 0 Å². The van der Waals surface area contributed by atoms with Gasteiger partial charge in [-0.25, -0.2) is 4.79 Å². The summed E-state index contributed by atoms with van der Waals surface area (Å²) < 4.78 is 12.2. The molecule has 1 aromatic carbocycles. The van der Waals surface area contributed by atoms with E-state index in [1.807, 2.05) is 35.2 Å². The van der Waals surface area contributed by atoms with Crippen LogP contribution in [-0.2, 0) is 30.0 Å². The lowest BCUT2D eigenvalue weighted by molar-refractivity contribution is -0.149. The van der Waals surface area contributed by atoms with Gasteiger partial charge in [-0.3, -0.25) is 19.3 Å². The number of nitrogens with one attached hydrogen (secondary N) is 2. The molecule has 242 valence electrons. The SMILES string of the molecule is CC(NC(=O)OC(C)(C)C)C(=O)N[C@@H](C)N1CC(=O)C([C@@H](C)C(=O)O)C(O[Si](C)(C)C(C)(C)C)C(Cc2ccccc2)C1. The number of nitrogens with zero attached hydrogens (tertiary/aromatic N) is 1. The van der Waals surface area contributed by atoms with Crippen LogP contribution >= 0.6 is 0 Å². The molecule has 0 radical (unpaired) electrons. The Morgan fingerprint density at radius 3 is 2.12 bits per heavy atom. The van der Waals surface area contributed by atoms with Crippen molar-refractivity contribution in [1.29, 1.82) is 0 Å². The molecule has 2 rings (SSSR count). The minimum atomic E-state index is -2.43. The second-order valence-corrected chi connectivity index (χ2v) is 19.1. The summed E-state index contributed by atoms with van der Waals surface area (Å²) in [5.74, 6) is -3.75. The topological polar surface area (TPSA) is 134 Å². The van der Waals surface area contributed by atoms with Gasteiger partial charge in [0.25, 0.3) is 0 Å². The third-order valence-corrected chi connectivity index (χ3v) is 13.0. The van der Waals surface area contributed by atoms with Gasteiger partial charge < -0.3 is 24.9 Å². The number of carbonyl (C=O) groups excluding carboxylic acids is 3. The van der Waals surface area contributed by atoms with Gasteiger partial charge in [0, 0.05) is 12.5 Å². The predicted octanol–water partition coefficient (Wildman–Crippen LogP) is 4.83. The normalized spacial score (nSPS) is 22.6. The molecule has 1 fully saturated rings. The Morgan fingerprint density at radius 1 is 1.02 bits per heavy atom. The van der Waals surface area contributed by atoms with Crippen LogP contribution in [0.1, 0.15) is 67.9 Å². The molecule has 4 unspecified atom stereocenters. The van der Waals surface area contributed by atoms with Crippen molar-refractivity contribution in [2.45, 2.75) is 111 Å². The fraction of sp³-hybridized carbons (Fsp3) is 0.688. The third kappa shape index (κ3) is 10.4. The van der Waals surface area contributed by atoms with Crippen LogP contribution in [0.4, 0.5) is 4.79 Å². The number of carboxylic acid groups (broad SMARTS) is 1. The molecule has 0 aromatic heterocycles. The molecule has 1 aliphatic heterocycles. The smallest absolute Gasteiger partial charge is 0.408 e. The van der Waals surface area contributed by atoms with Gasteiger partial charge in [-0.05, 0) is 64.7 Å². The van der Waals surface area contributed by atoms with Gasteiger partial charge in [0.15, 0.2) is 14.1 Å². The van der Waals surface area contributed by atoms with Crippen LogP contribution < -0.4 is 10.6 Å². The molecule has 0 spiro atoms. The molecule has 1 aromatic rings. The van der Waals surface area contributed by atoms with E-state index in [-0.39, 0.29) is 23.3 Å². The van der Waals surface area contributed by atoms with E-state index in [4.69, 9.17) is 9.16 Å². The van der Waals surface area contributed by atoms with E-state index in [2.05, 4.69) is 44.5 Å². The minimum absolute atomic E-state index is 0.0414. The van der Waals surface area contributed by atoms with Crippen LogP contribution in [0.15, 0.2) is 30.3 Å². The second-order valence-electron chi connectivity index (χ2n) is 14.4. The Bertz CT molecular complexity index is 1130. The first-order valence-corrected chi connectivity index (χ1v) is 18.0. The van der Waals surface area contributed by atoms with Gasteiger partial charge in [-0.2, -0.15) is 0 Å². The molecule has 0 saturated carbocycles. The van der Waals surface area contributed by atoms with E-state index >= 15 is 0 Å². The molecule has 1 heterocycles. The highest BCUT2D eigenvalue weighted by Gasteiger charge is 2.49. The summed E-state index contributed by atoms with van der Waals surface area (Å²) >= 11 is 0. The zero-order valence-electron chi connectivity index (χ0n) is 27.8. The first kappa shape index (κ1) is 36.4. The van der Waals surface area contributed by atoms with Crippen molar-refractivity contribution in [2.75, 3.05) is 13.1 Å². The van der Waals surface area contributed by atoms with Gasteiger partial charge in [0.05, 0.1) is 30.7 Å². The van der Waals surface area contributed by atoms with Crippen molar-refractivity contribution in [2.24, 2.45) is 17.8 Å². The Kier molecular flexibility index (Phi) is 12.2. The second kappa shape index (κ2) is 14.3. The summed E-state index contributed by atoms with van der Waals surface area (Å²) in [4.78, 5) is 53.5. The summed E-state index contributed by atoms with van der Waals surface area (Å²) in [6, 6.07) is 9.01. The summed E-state index contributed by atoms with van der Waals surface area (Å²) in [6.07, 6.45) is -1.33. The average Bonchev–Trinajstić information content (AvgIpc) is 2.98. The van der Waals surface area contributed by atoms with Gasteiger partial charge in [0.1, 0.15) is 11.6 Å². The number of hydrogen-bond acceptors (Lipinski definition) is 7. The lowest BCUT2D eigenvalue weighted by Crippen LogP contribution is -2.54. The number of ether oxygens (including phenoxy) is 1. The number of rotatable bonds is 10. The highest BCUT2D eigenvalue weighted by Crippen LogP contribution is 2.41. The van der Waals surface area contributed by atoms with Gasteiger partial charge in [0.2, 0.25) is 5.91 Å². The number of likely N-dealkylation sites (tertiary alicyclic amines) is 1. The molecule has 2 amide bonds. The molecule has 1 aliphatic rings. The molecule has 43 heavy (non-hydrogen) atoms. The molecule has 0 aliphatic carbocycles. The zero-order chi connectivity index (χ0) is 32.9. The van der Waals surface area contributed by atoms with E-state index in [9.17, 15) is 24.3 Å². The number of hydrogen-bond donors (Lipinski definition) is 3. The summed E-state index contributed by atoms with van der Waals surface area (Å²) in [7, 11) is -2.43. The molecular weight excluding hydrogens is 566 g/mol. The first-order valence-electron chi connectivity index (χ1n) is 15.1. The lowest BCUT2D eigenvalue weighted by Gasteiger charge is -2.44. The van der Waals surface area contributed by atoms with Crippen molar-refractivity contribution in [3.8, 4) is 0 Å². The largest absolute Gasteiger partial charge is 0.481 e. The van der Waals surface area contributed by atoms with E-state index < -0.39 is 62.0 Å². The number of benzene rings is 1. The Morgan fingerprint density at radius 2 is 1.60 bits per heavy atom. The molecule has 1 saturated heterocycles. The van der Waals surface area contributed by atoms with Crippen LogP contribution in [0.25, 0.3) is 0 Å². The first-order chi connectivity index (χ1) is 19.6. The number of amides is 2. The van der Waals surface area contributed by atoms with E-state index in [1.165, 1.54) is 0 Å². The monoisotopic (exact) mass is 619 g/mol. The summed E-state index contributed by atoms with van der Waals surface area (Å²) in [5, 5.41) is 15.4. The van der Waals surface area contributed by atoms with Crippen molar-refractivity contribution < 1.29 is 33.4 Å². The summed E-state index contributed by atoms with van der Waals surface area (Å²) in [6.45, 7) is 21.1. The van der Waals surface area contributed by atoms with Crippen molar-refractivity contribution >= 4 is 32.1 Å². The number of aliphatic carboxylic acids is 1. The third-order valence-electron chi connectivity index (χ3n) is 8.55. The number of alkyl carbamates (subject to hydrolysis) is 1. The van der Waals surface area contributed by atoms with E-state index in [0.717, 1.165) is 5.56 Å². The van der Waals surface area contributed by atoms with Crippen molar-refractivity contribution in [3.05, 3.63) is 35.9 Å². The van der Waals surface area contributed by atoms with E-state index in [0.29, 0.717) is 13.0 Å². The van der Waals surface area contributed by atoms with Crippen molar-refractivity contribution in [1.82, 2.24) is 15.5 Å². The number of ketones is 1. The average molecular weight is 620 g/mol. The molecule has 6 atom stereocenters. The molecule has 3 N–H and O–H groups in total. The Balaban J connectivity index is 2.44. The predicted molar refractivity (Wildman–Crippen MR) is 169 cm³/mol. The maximum absolute atomic E-state index is 14.0. The molecular formula is C32H53N3O7Si. The van der Waals surface area contributed by atoms with Crippen LogP contribution in [0.3, 0.4) is 0 Å².